The predicted octanol–water partition coefficient (Wildman–Crippen LogP) is 4.82. The van der Waals surface area contributed by atoms with E-state index in [2.05, 4.69) is 59.9 Å². The van der Waals surface area contributed by atoms with Crippen molar-refractivity contribution in [2.75, 3.05) is 5.43 Å². The molecule has 120 valence electrons. The third kappa shape index (κ3) is 3.45. The number of fused-ring (bicyclic) bond motifs is 1. The van der Waals surface area contributed by atoms with E-state index in [9.17, 15) is 0 Å². The Hall–Kier alpha value is -2.14. The van der Waals surface area contributed by atoms with E-state index in [0.717, 1.165) is 22.8 Å². The minimum absolute atomic E-state index is 0.630. The first-order valence-corrected chi connectivity index (χ1v) is 8.67. The van der Waals surface area contributed by atoms with Crippen LogP contribution in [0, 0.1) is 19.8 Å². The molecule has 0 bridgehead atoms. The van der Waals surface area contributed by atoms with Crippen molar-refractivity contribution >= 4 is 32.9 Å². The summed E-state index contributed by atoms with van der Waals surface area (Å²) in [6, 6.07) is 10.3. The average molecular weight is 326 g/mol. The standard InChI is InChI=1S/C18H22N4S/c1-12(2)11-22-13(3)9-15(14(22)4)10-19-21-18-20-16-7-5-6-8-17(16)23-18/h5-10,12H,11H2,1-4H3,(H,20,21). The van der Waals surface area contributed by atoms with Crippen molar-refractivity contribution in [2.45, 2.75) is 34.2 Å². The van der Waals surface area contributed by atoms with Crippen LogP contribution in [0.4, 0.5) is 5.13 Å². The molecule has 1 aromatic carbocycles. The van der Waals surface area contributed by atoms with Crippen LogP contribution in [0.5, 0.6) is 0 Å². The Bertz CT molecular complexity index is 809. The van der Waals surface area contributed by atoms with Gasteiger partial charge in [-0.2, -0.15) is 5.10 Å². The van der Waals surface area contributed by atoms with Gasteiger partial charge in [0.25, 0.3) is 0 Å². The lowest BCUT2D eigenvalue weighted by Gasteiger charge is -2.11. The summed E-state index contributed by atoms with van der Waals surface area (Å²) in [7, 11) is 0. The number of nitrogens with zero attached hydrogens (tertiary/aromatic N) is 3. The molecule has 0 aliphatic heterocycles. The number of hydrogen-bond acceptors (Lipinski definition) is 4. The summed E-state index contributed by atoms with van der Waals surface area (Å²) < 4.78 is 3.52. The summed E-state index contributed by atoms with van der Waals surface area (Å²) in [5.41, 5.74) is 7.73. The number of nitrogens with one attached hydrogen (secondary N) is 1. The van der Waals surface area contributed by atoms with Crippen molar-refractivity contribution < 1.29 is 0 Å². The molecule has 23 heavy (non-hydrogen) atoms. The van der Waals surface area contributed by atoms with Gasteiger partial charge in [-0.1, -0.05) is 37.3 Å². The van der Waals surface area contributed by atoms with Gasteiger partial charge in [0.1, 0.15) is 0 Å². The van der Waals surface area contributed by atoms with Gasteiger partial charge in [0, 0.05) is 23.5 Å². The highest BCUT2D eigenvalue weighted by atomic mass is 32.1. The molecule has 0 amide bonds. The van der Waals surface area contributed by atoms with Crippen LogP contribution in [0.25, 0.3) is 10.2 Å². The van der Waals surface area contributed by atoms with Gasteiger partial charge in [-0.3, -0.25) is 5.43 Å². The largest absolute Gasteiger partial charge is 0.348 e. The molecule has 1 N–H and O–H groups in total. The molecular weight excluding hydrogens is 304 g/mol. The van der Waals surface area contributed by atoms with Gasteiger partial charge < -0.3 is 4.57 Å². The van der Waals surface area contributed by atoms with E-state index in [1.54, 1.807) is 11.3 Å². The van der Waals surface area contributed by atoms with Crippen LogP contribution in [0.2, 0.25) is 0 Å². The minimum atomic E-state index is 0.630. The number of para-hydroxylation sites is 1. The maximum Gasteiger partial charge on any atom is 0.204 e. The van der Waals surface area contributed by atoms with Gasteiger partial charge in [-0.25, -0.2) is 4.98 Å². The minimum Gasteiger partial charge on any atom is -0.348 e. The Morgan fingerprint density at radius 2 is 2.09 bits per heavy atom. The third-order valence-electron chi connectivity index (χ3n) is 3.82. The summed E-state index contributed by atoms with van der Waals surface area (Å²) in [5.74, 6) is 0.630. The first kappa shape index (κ1) is 15.7. The Kier molecular flexibility index (Phi) is 4.48. The van der Waals surface area contributed by atoms with E-state index in [1.807, 2.05) is 24.4 Å². The van der Waals surface area contributed by atoms with Crippen LogP contribution in [-0.2, 0) is 6.54 Å². The van der Waals surface area contributed by atoms with Crippen molar-refractivity contribution in [1.29, 1.82) is 0 Å². The van der Waals surface area contributed by atoms with Gasteiger partial charge >= 0.3 is 0 Å². The topological polar surface area (TPSA) is 42.2 Å². The zero-order valence-corrected chi connectivity index (χ0v) is 14.8. The number of aromatic nitrogens is 2. The van der Waals surface area contributed by atoms with Crippen LogP contribution in [0.15, 0.2) is 35.4 Å². The smallest absolute Gasteiger partial charge is 0.204 e. The van der Waals surface area contributed by atoms with Crippen LogP contribution in [0.3, 0.4) is 0 Å². The van der Waals surface area contributed by atoms with Crippen LogP contribution >= 0.6 is 11.3 Å². The van der Waals surface area contributed by atoms with Gasteiger partial charge in [0.15, 0.2) is 0 Å². The lowest BCUT2D eigenvalue weighted by molar-refractivity contribution is 0.509. The predicted molar refractivity (Wildman–Crippen MR) is 99.6 cm³/mol. The van der Waals surface area contributed by atoms with E-state index in [-0.39, 0.29) is 0 Å². The average Bonchev–Trinajstić information content (AvgIpc) is 3.03. The van der Waals surface area contributed by atoms with Crippen molar-refractivity contribution in [1.82, 2.24) is 9.55 Å². The van der Waals surface area contributed by atoms with Crippen molar-refractivity contribution in [3.63, 3.8) is 0 Å². The summed E-state index contributed by atoms with van der Waals surface area (Å²) in [6.07, 6.45) is 1.88. The first-order valence-electron chi connectivity index (χ1n) is 7.86. The molecule has 0 aliphatic carbocycles. The normalized spacial score (nSPS) is 11.9. The van der Waals surface area contributed by atoms with Crippen LogP contribution in [0.1, 0.15) is 30.8 Å². The molecule has 0 saturated heterocycles. The fourth-order valence-corrected chi connectivity index (χ4v) is 3.50. The molecule has 0 atom stereocenters. The summed E-state index contributed by atoms with van der Waals surface area (Å²) in [4.78, 5) is 4.52. The lowest BCUT2D eigenvalue weighted by atomic mass is 10.2. The maximum absolute atomic E-state index is 4.52. The monoisotopic (exact) mass is 326 g/mol. The highest BCUT2D eigenvalue weighted by Crippen LogP contribution is 2.25. The number of hydrogen-bond donors (Lipinski definition) is 1. The zero-order valence-electron chi connectivity index (χ0n) is 14.0. The van der Waals surface area contributed by atoms with E-state index in [1.165, 1.54) is 16.1 Å². The second-order valence-corrected chi connectivity index (χ2v) is 7.22. The number of benzene rings is 1. The molecule has 0 unspecified atom stereocenters. The van der Waals surface area contributed by atoms with Gasteiger partial charge in [0.05, 0.1) is 16.4 Å². The number of hydrazone groups is 1. The molecule has 2 heterocycles. The van der Waals surface area contributed by atoms with Crippen molar-refractivity contribution in [3.05, 3.63) is 47.3 Å². The molecular formula is C18H22N4S. The van der Waals surface area contributed by atoms with E-state index in [4.69, 9.17) is 0 Å². The Morgan fingerprint density at radius 3 is 2.83 bits per heavy atom. The van der Waals surface area contributed by atoms with E-state index in [0.29, 0.717) is 5.92 Å². The molecule has 2 aromatic heterocycles. The molecule has 3 aromatic rings. The van der Waals surface area contributed by atoms with Crippen molar-refractivity contribution in [2.24, 2.45) is 11.0 Å². The van der Waals surface area contributed by atoms with Gasteiger partial charge in [0.2, 0.25) is 5.13 Å². The Labute approximate surface area is 140 Å². The number of thiazole rings is 1. The summed E-state index contributed by atoms with van der Waals surface area (Å²) in [5, 5.41) is 5.18. The second-order valence-electron chi connectivity index (χ2n) is 6.19. The second kappa shape index (κ2) is 6.54. The molecule has 0 fully saturated rings. The molecule has 4 nitrogen and oxygen atoms in total. The molecule has 0 spiro atoms. The molecule has 0 radical (unpaired) electrons. The lowest BCUT2D eigenvalue weighted by Crippen LogP contribution is -2.08. The first-order chi connectivity index (χ1) is 11.0. The van der Waals surface area contributed by atoms with Gasteiger partial charge in [-0.05, 0) is 38.0 Å². The number of rotatable bonds is 5. The third-order valence-corrected chi connectivity index (χ3v) is 4.76. The number of anilines is 1. The SMILES string of the molecule is Cc1cc(C=NNc2nc3ccccc3s2)c(C)n1CC(C)C. The fraction of sp³-hybridized carbons (Fsp3) is 0.333. The number of aryl methyl sites for hydroxylation is 1. The molecule has 3 rings (SSSR count). The summed E-state index contributed by atoms with van der Waals surface area (Å²) in [6.45, 7) is 9.81. The Balaban J connectivity index is 1.75. The highest BCUT2D eigenvalue weighted by molar-refractivity contribution is 7.22. The van der Waals surface area contributed by atoms with E-state index < -0.39 is 0 Å². The molecule has 0 aliphatic rings. The van der Waals surface area contributed by atoms with E-state index >= 15 is 0 Å². The maximum atomic E-state index is 4.52. The molecule has 5 heteroatoms. The van der Waals surface area contributed by atoms with Crippen molar-refractivity contribution in [3.8, 4) is 0 Å². The highest BCUT2D eigenvalue weighted by Gasteiger charge is 2.08. The Morgan fingerprint density at radius 1 is 1.30 bits per heavy atom. The quantitative estimate of drug-likeness (QED) is 0.540. The zero-order chi connectivity index (χ0) is 16.4. The van der Waals surface area contributed by atoms with Gasteiger partial charge in [-0.15, -0.1) is 0 Å². The fourth-order valence-electron chi connectivity index (χ4n) is 2.68. The van der Waals surface area contributed by atoms with Crippen LogP contribution in [-0.4, -0.2) is 15.8 Å². The summed E-state index contributed by atoms with van der Waals surface area (Å²) >= 11 is 1.61. The van der Waals surface area contributed by atoms with Crippen LogP contribution < -0.4 is 5.43 Å². The molecule has 0 saturated carbocycles.